The highest BCUT2D eigenvalue weighted by molar-refractivity contribution is 5.83. The van der Waals surface area contributed by atoms with Gasteiger partial charge in [-0.15, -0.1) is 0 Å². The molecule has 0 amide bonds. The Bertz CT molecular complexity index is 316. The zero-order chi connectivity index (χ0) is 15.4. The van der Waals surface area contributed by atoms with E-state index < -0.39 is 6.10 Å². The first kappa shape index (κ1) is 18.9. The zero-order valence-corrected chi connectivity index (χ0v) is 13.4. The highest BCUT2D eigenvalue weighted by Gasteiger charge is 2.15. The molecule has 0 aliphatic rings. The highest BCUT2D eigenvalue weighted by atomic mass is 16.5. The van der Waals surface area contributed by atoms with Crippen LogP contribution >= 0.6 is 0 Å². The van der Waals surface area contributed by atoms with E-state index in [1.807, 2.05) is 19.9 Å². The van der Waals surface area contributed by atoms with Crippen LogP contribution in [0.15, 0.2) is 23.8 Å². The van der Waals surface area contributed by atoms with Crippen LogP contribution in [0.25, 0.3) is 0 Å². The number of aliphatic hydroxyl groups excluding tert-OH is 1. The summed E-state index contributed by atoms with van der Waals surface area (Å²) in [7, 11) is 0. The predicted octanol–water partition coefficient (Wildman–Crippen LogP) is 4.02. The van der Waals surface area contributed by atoms with Crippen LogP contribution in [0.1, 0.15) is 59.8 Å². The van der Waals surface area contributed by atoms with Gasteiger partial charge in [0.2, 0.25) is 0 Å². The summed E-state index contributed by atoms with van der Waals surface area (Å²) in [6.07, 6.45) is 10.3. The van der Waals surface area contributed by atoms with E-state index in [-0.39, 0.29) is 11.9 Å². The minimum Gasteiger partial charge on any atom is -0.463 e. The number of carbonyl (C=O) groups excluding carboxylic acids is 1. The lowest BCUT2D eigenvalue weighted by Gasteiger charge is -2.17. The van der Waals surface area contributed by atoms with Gasteiger partial charge >= 0.3 is 5.97 Å². The van der Waals surface area contributed by atoms with E-state index in [1.165, 1.54) is 25.3 Å². The van der Waals surface area contributed by atoms with Crippen LogP contribution in [-0.4, -0.2) is 23.8 Å². The van der Waals surface area contributed by atoms with Crippen molar-refractivity contribution in [3.63, 3.8) is 0 Å². The van der Waals surface area contributed by atoms with Crippen molar-refractivity contribution in [2.24, 2.45) is 5.92 Å². The van der Waals surface area contributed by atoms with E-state index in [0.29, 0.717) is 13.0 Å². The molecule has 0 saturated heterocycles. The quantitative estimate of drug-likeness (QED) is 0.285. The Morgan fingerprint density at radius 2 is 1.90 bits per heavy atom. The lowest BCUT2D eigenvalue weighted by atomic mass is 9.96. The van der Waals surface area contributed by atoms with Crippen molar-refractivity contribution >= 4 is 5.97 Å². The zero-order valence-electron chi connectivity index (χ0n) is 13.4. The van der Waals surface area contributed by atoms with E-state index in [4.69, 9.17) is 4.74 Å². The third-order valence-electron chi connectivity index (χ3n) is 3.10. The molecule has 1 atom stereocenters. The second-order valence-corrected chi connectivity index (χ2v) is 5.33. The highest BCUT2D eigenvalue weighted by Crippen LogP contribution is 2.17. The molecule has 0 aliphatic carbocycles. The molecule has 0 aromatic carbocycles. The van der Waals surface area contributed by atoms with Crippen molar-refractivity contribution in [3.05, 3.63) is 23.8 Å². The molecular weight excluding hydrogens is 252 g/mol. The Kier molecular flexibility index (Phi) is 11.1. The van der Waals surface area contributed by atoms with Crippen LogP contribution in [-0.2, 0) is 9.53 Å². The summed E-state index contributed by atoms with van der Waals surface area (Å²) in [5, 5.41) is 10.1. The van der Waals surface area contributed by atoms with Crippen molar-refractivity contribution in [1.29, 1.82) is 0 Å². The second kappa shape index (κ2) is 11.7. The van der Waals surface area contributed by atoms with Gasteiger partial charge in [-0.3, -0.25) is 0 Å². The topological polar surface area (TPSA) is 46.5 Å². The Labute approximate surface area is 123 Å². The molecule has 0 radical (unpaired) electrons. The van der Waals surface area contributed by atoms with Gasteiger partial charge in [0.05, 0.1) is 12.7 Å². The number of unbranched alkanes of at least 4 members (excludes halogenated alkanes) is 3. The Balaban J connectivity index is 4.50. The summed E-state index contributed by atoms with van der Waals surface area (Å²) in [6.45, 7) is 8.19. The average molecular weight is 282 g/mol. The number of esters is 1. The summed E-state index contributed by atoms with van der Waals surface area (Å²) in [5.74, 6) is -0.286. The normalized spacial score (nSPS) is 14.0. The molecular formula is C17H30O3. The van der Waals surface area contributed by atoms with Crippen molar-refractivity contribution in [1.82, 2.24) is 0 Å². The van der Waals surface area contributed by atoms with E-state index in [2.05, 4.69) is 13.0 Å². The van der Waals surface area contributed by atoms with Crippen molar-refractivity contribution in [2.75, 3.05) is 6.61 Å². The number of hydrogen-bond acceptors (Lipinski definition) is 3. The molecule has 0 bridgehead atoms. The number of rotatable bonds is 10. The average Bonchev–Trinajstić information content (AvgIpc) is 2.40. The smallest absolute Gasteiger partial charge is 0.330 e. The van der Waals surface area contributed by atoms with E-state index in [9.17, 15) is 9.90 Å². The van der Waals surface area contributed by atoms with E-state index in [1.54, 1.807) is 6.92 Å². The Morgan fingerprint density at radius 1 is 1.20 bits per heavy atom. The number of allylic oxidation sites excluding steroid dienone is 2. The molecule has 0 saturated carbocycles. The molecule has 3 heteroatoms. The van der Waals surface area contributed by atoms with E-state index in [0.717, 1.165) is 12.0 Å². The summed E-state index contributed by atoms with van der Waals surface area (Å²) < 4.78 is 4.91. The van der Waals surface area contributed by atoms with E-state index >= 15 is 0 Å². The first-order valence-corrected chi connectivity index (χ1v) is 7.73. The molecule has 0 fully saturated rings. The maximum Gasteiger partial charge on any atom is 0.330 e. The minimum absolute atomic E-state index is 0.0872. The molecule has 0 spiro atoms. The summed E-state index contributed by atoms with van der Waals surface area (Å²) in [4.78, 5) is 11.5. The monoisotopic (exact) mass is 282 g/mol. The van der Waals surface area contributed by atoms with Gasteiger partial charge in [-0.1, -0.05) is 45.8 Å². The van der Waals surface area contributed by atoms with Gasteiger partial charge in [0.1, 0.15) is 0 Å². The minimum atomic E-state index is -0.598. The molecule has 1 N–H and O–H groups in total. The van der Waals surface area contributed by atoms with Gasteiger partial charge in [0.25, 0.3) is 0 Å². The first-order valence-electron chi connectivity index (χ1n) is 7.73. The van der Waals surface area contributed by atoms with Crippen LogP contribution < -0.4 is 0 Å². The van der Waals surface area contributed by atoms with Crippen LogP contribution in [0.4, 0.5) is 0 Å². The Morgan fingerprint density at radius 3 is 2.45 bits per heavy atom. The summed E-state index contributed by atoms with van der Waals surface area (Å²) in [6, 6.07) is 0. The maximum atomic E-state index is 11.5. The number of carbonyl (C=O) groups is 1. The number of ether oxygens (including phenoxy) is 1. The molecule has 0 aromatic heterocycles. The van der Waals surface area contributed by atoms with Gasteiger partial charge in [-0.05, 0) is 37.7 Å². The number of aliphatic hydroxyl groups is 1. The van der Waals surface area contributed by atoms with Crippen molar-refractivity contribution in [3.8, 4) is 0 Å². The second-order valence-electron chi connectivity index (χ2n) is 5.33. The molecule has 0 aromatic rings. The summed E-state index contributed by atoms with van der Waals surface area (Å²) >= 11 is 0. The molecule has 0 heterocycles. The first-order chi connectivity index (χ1) is 9.52. The largest absolute Gasteiger partial charge is 0.463 e. The fourth-order valence-corrected chi connectivity index (χ4v) is 1.88. The maximum absolute atomic E-state index is 11.5. The lowest BCUT2D eigenvalue weighted by molar-refractivity contribution is -0.137. The summed E-state index contributed by atoms with van der Waals surface area (Å²) in [5.41, 5.74) is 0.727. The van der Waals surface area contributed by atoms with Crippen LogP contribution in [0.2, 0.25) is 0 Å². The van der Waals surface area contributed by atoms with Crippen molar-refractivity contribution in [2.45, 2.75) is 65.9 Å². The predicted molar refractivity (Wildman–Crippen MR) is 83.5 cm³/mol. The molecule has 116 valence electrons. The van der Waals surface area contributed by atoms with Gasteiger partial charge < -0.3 is 9.84 Å². The lowest BCUT2D eigenvalue weighted by Crippen LogP contribution is -2.19. The molecule has 0 rings (SSSR count). The van der Waals surface area contributed by atoms with Gasteiger partial charge in [0.15, 0.2) is 0 Å². The fourth-order valence-electron chi connectivity index (χ4n) is 1.88. The number of hydrogen-bond donors (Lipinski definition) is 1. The van der Waals surface area contributed by atoms with Gasteiger partial charge in [0, 0.05) is 6.08 Å². The van der Waals surface area contributed by atoms with Crippen LogP contribution in [0.3, 0.4) is 0 Å². The van der Waals surface area contributed by atoms with Gasteiger partial charge in [-0.25, -0.2) is 4.79 Å². The van der Waals surface area contributed by atoms with Gasteiger partial charge in [-0.2, -0.15) is 0 Å². The van der Waals surface area contributed by atoms with Crippen LogP contribution in [0.5, 0.6) is 0 Å². The fraction of sp³-hybridized carbons (Fsp3) is 0.706. The molecule has 20 heavy (non-hydrogen) atoms. The SMILES string of the molecule is CCCCC/C=C/C/C(=C\C(=O)OCC)C(O)C(C)C. The molecule has 3 nitrogen and oxygen atoms in total. The Hall–Kier alpha value is -1.09. The van der Waals surface area contributed by atoms with Crippen molar-refractivity contribution < 1.29 is 14.6 Å². The molecule has 0 aliphatic heterocycles. The third-order valence-corrected chi connectivity index (χ3v) is 3.10. The van der Waals surface area contributed by atoms with Crippen LogP contribution in [0, 0.1) is 5.92 Å². The third kappa shape index (κ3) is 8.92. The standard InChI is InChI=1S/C17H30O3/c1-5-7-8-9-10-11-12-15(17(19)14(3)4)13-16(18)20-6-2/h10-11,13-14,17,19H,5-9,12H2,1-4H3/b11-10+,15-13+. The molecule has 1 unspecified atom stereocenters.